The molecule has 0 saturated carbocycles. The summed E-state index contributed by atoms with van der Waals surface area (Å²) in [5.74, 6) is 0.226. The van der Waals surface area contributed by atoms with Crippen LogP contribution in [0, 0.1) is 6.92 Å². The first-order valence-corrected chi connectivity index (χ1v) is 9.74. The number of hydrogen-bond donors (Lipinski definition) is 1. The number of carbonyl (C=O) groups excluding carboxylic acids is 1. The van der Waals surface area contributed by atoms with Crippen LogP contribution in [-0.4, -0.2) is 18.2 Å². The van der Waals surface area contributed by atoms with E-state index >= 15 is 0 Å². The highest BCUT2D eigenvalue weighted by atomic mass is 35.5. The van der Waals surface area contributed by atoms with Crippen LogP contribution in [0.1, 0.15) is 29.5 Å². The van der Waals surface area contributed by atoms with Crippen molar-refractivity contribution >= 4 is 23.2 Å². The second-order valence-corrected chi connectivity index (χ2v) is 7.15. The molecule has 0 atom stereocenters. The lowest BCUT2D eigenvalue weighted by molar-refractivity contribution is -0.123. The Bertz CT molecular complexity index is 949. The van der Waals surface area contributed by atoms with Crippen LogP contribution in [-0.2, 0) is 4.79 Å². The van der Waals surface area contributed by atoms with E-state index in [-0.39, 0.29) is 18.4 Å². The highest BCUT2D eigenvalue weighted by Gasteiger charge is 2.17. The number of halogens is 1. The Morgan fingerprint density at radius 3 is 2.14 bits per heavy atom. The van der Waals surface area contributed by atoms with Crippen molar-refractivity contribution in [3.05, 3.63) is 101 Å². The van der Waals surface area contributed by atoms with Crippen molar-refractivity contribution in [2.24, 2.45) is 5.10 Å². The first-order valence-electron chi connectivity index (χ1n) is 9.36. The van der Waals surface area contributed by atoms with Crippen molar-refractivity contribution in [1.82, 2.24) is 5.43 Å². The van der Waals surface area contributed by atoms with E-state index < -0.39 is 0 Å². The van der Waals surface area contributed by atoms with Gasteiger partial charge in [-0.15, -0.1) is 0 Å². The summed E-state index contributed by atoms with van der Waals surface area (Å²) in [5.41, 5.74) is 6.51. The first-order chi connectivity index (χ1) is 14.0. The summed E-state index contributed by atoms with van der Waals surface area (Å²) in [5, 5.41) is 5.00. The summed E-state index contributed by atoms with van der Waals surface area (Å²) in [6, 6.07) is 25.5. The Morgan fingerprint density at radius 1 is 1.00 bits per heavy atom. The van der Waals surface area contributed by atoms with E-state index in [2.05, 4.69) is 34.8 Å². The van der Waals surface area contributed by atoms with E-state index in [4.69, 9.17) is 16.3 Å². The van der Waals surface area contributed by atoms with Gasteiger partial charge in [-0.05, 0) is 48.7 Å². The summed E-state index contributed by atoms with van der Waals surface area (Å²) in [7, 11) is 0. The van der Waals surface area contributed by atoms with Gasteiger partial charge >= 0.3 is 0 Å². The zero-order valence-electron chi connectivity index (χ0n) is 16.4. The van der Waals surface area contributed by atoms with Crippen LogP contribution in [0.4, 0.5) is 0 Å². The zero-order chi connectivity index (χ0) is 20.6. The quantitative estimate of drug-likeness (QED) is 0.424. The third kappa shape index (κ3) is 5.69. The molecule has 5 heteroatoms. The number of hydrazone groups is 1. The lowest BCUT2D eigenvalue weighted by Crippen LogP contribution is -2.26. The van der Waals surface area contributed by atoms with Gasteiger partial charge in [-0.2, -0.15) is 5.10 Å². The van der Waals surface area contributed by atoms with E-state index in [1.807, 2.05) is 50.2 Å². The SMILES string of the molecule is C/C(=N\NC(=O)COc1ccc(Cl)c(C)c1)C(c1ccccc1)c1ccccc1. The monoisotopic (exact) mass is 406 g/mol. The molecule has 1 amide bonds. The number of ether oxygens (including phenoxy) is 1. The molecule has 0 heterocycles. The van der Waals surface area contributed by atoms with Gasteiger partial charge in [0.2, 0.25) is 0 Å². The smallest absolute Gasteiger partial charge is 0.277 e. The van der Waals surface area contributed by atoms with Gasteiger partial charge in [0.05, 0.1) is 0 Å². The second kappa shape index (κ2) is 9.89. The van der Waals surface area contributed by atoms with Gasteiger partial charge in [0.15, 0.2) is 6.61 Å². The Balaban J connectivity index is 1.68. The van der Waals surface area contributed by atoms with Crippen LogP contribution >= 0.6 is 11.6 Å². The number of benzene rings is 3. The zero-order valence-corrected chi connectivity index (χ0v) is 17.2. The second-order valence-electron chi connectivity index (χ2n) is 6.74. The van der Waals surface area contributed by atoms with Gasteiger partial charge < -0.3 is 4.74 Å². The van der Waals surface area contributed by atoms with Crippen LogP contribution in [0.5, 0.6) is 5.75 Å². The minimum Gasteiger partial charge on any atom is -0.484 e. The van der Waals surface area contributed by atoms with E-state index in [1.54, 1.807) is 18.2 Å². The highest BCUT2D eigenvalue weighted by Crippen LogP contribution is 2.26. The summed E-state index contributed by atoms with van der Waals surface area (Å²) in [4.78, 5) is 12.2. The molecule has 0 bridgehead atoms. The van der Waals surface area contributed by atoms with E-state index in [1.165, 1.54) is 0 Å². The molecule has 3 aromatic carbocycles. The predicted octanol–water partition coefficient (Wildman–Crippen LogP) is 5.35. The Hall–Kier alpha value is -3.11. The van der Waals surface area contributed by atoms with Crippen LogP contribution in [0.2, 0.25) is 5.02 Å². The number of rotatable bonds is 7. The van der Waals surface area contributed by atoms with Crippen LogP contribution < -0.4 is 10.2 Å². The minimum absolute atomic E-state index is 0.0440. The van der Waals surface area contributed by atoms with Crippen molar-refractivity contribution in [1.29, 1.82) is 0 Å². The molecule has 0 radical (unpaired) electrons. The molecule has 148 valence electrons. The third-order valence-electron chi connectivity index (χ3n) is 4.54. The number of nitrogens with one attached hydrogen (secondary N) is 1. The van der Waals surface area contributed by atoms with Crippen molar-refractivity contribution in [3.8, 4) is 5.75 Å². The Labute approximate surface area is 176 Å². The number of nitrogens with zero attached hydrogens (tertiary/aromatic N) is 1. The number of hydrogen-bond acceptors (Lipinski definition) is 3. The van der Waals surface area contributed by atoms with Crippen molar-refractivity contribution < 1.29 is 9.53 Å². The van der Waals surface area contributed by atoms with Crippen LogP contribution in [0.25, 0.3) is 0 Å². The molecule has 3 aromatic rings. The van der Waals surface area contributed by atoms with E-state index in [0.717, 1.165) is 22.4 Å². The topological polar surface area (TPSA) is 50.7 Å². The molecule has 29 heavy (non-hydrogen) atoms. The maximum atomic E-state index is 12.2. The largest absolute Gasteiger partial charge is 0.484 e. The predicted molar refractivity (Wildman–Crippen MR) is 118 cm³/mol. The third-order valence-corrected chi connectivity index (χ3v) is 4.96. The summed E-state index contributed by atoms with van der Waals surface area (Å²) in [6.07, 6.45) is 0. The minimum atomic E-state index is -0.322. The van der Waals surface area contributed by atoms with Gasteiger partial charge in [0.25, 0.3) is 5.91 Å². The maximum Gasteiger partial charge on any atom is 0.277 e. The normalized spacial score (nSPS) is 11.4. The molecule has 1 N–H and O–H groups in total. The molecule has 0 aliphatic heterocycles. The highest BCUT2D eigenvalue weighted by molar-refractivity contribution is 6.31. The number of carbonyl (C=O) groups is 1. The van der Waals surface area contributed by atoms with Crippen molar-refractivity contribution in [2.45, 2.75) is 19.8 Å². The first kappa shape index (κ1) is 20.6. The summed E-state index contributed by atoms with van der Waals surface area (Å²) >= 11 is 6.01. The maximum absolute atomic E-state index is 12.2. The molecular weight excluding hydrogens is 384 g/mol. The number of amides is 1. The number of aryl methyl sites for hydroxylation is 1. The van der Waals surface area contributed by atoms with Crippen molar-refractivity contribution in [3.63, 3.8) is 0 Å². The Kier molecular flexibility index (Phi) is 7.04. The van der Waals surface area contributed by atoms with Gasteiger partial charge in [0.1, 0.15) is 5.75 Å². The van der Waals surface area contributed by atoms with Gasteiger partial charge in [-0.25, -0.2) is 5.43 Å². The van der Waals surface area contributed by atoms with Gasteiger partial charge in [-0.1, -0.05) is 72.3 Å². The van der Waals surface area contributed by atoms with Gasteiger partial charge in [0, 0.05) is 16.7 Å². The molecule has 0 aliphatic carbocycles. The molecule has 0 unspecified atom stereocenters. The molecule has 0 aromatic heterocycles. The van der Waals surface area contributed by atoms with E-state index in [0.29, 0.717) is 10.8 Å². The molecule has 0 spiro atoms. The average Bonchev–Trinajstić information content (AvgIpc) is 2.75. The molecule has 0 fully saturated rings. The fourth-order valence-electron chi connectivity index (χ4n) is 3.07. The van der Waals surface area contributed by atoms with Crippen LogP contribution in [0.3, 0.4) is 0 Å². The molecule has 0 saturated heterocycles. The summed E-state index contributed by atoms with van der Waals surface area (Å²) < 4.78 is 5.53. The molecule has 4 nitrogen and oxygen atoms in total. The molecule has 3 rings (SSSR count). The average molecular weight is 407 g/mol. The van der Waals surface area contributed by atoms with Crippen LogP contribution in [0.15, 0.2) is 84.0 Å². The molecule has 0 aliphatic rings. The van der Waals surface area contributed by atoms with Gasteiger partial charge in [-0.3, -0.25) is 4.79 Å². The Morgan fingerprint density at radius 2 is 1.59 bits per heavy atom. The standard InChI is InChI=1S/C24H23ClN2O2/c1-17-15-21(13-14-22(17)25)29-16-23(28)27-26-18(2)24(19-9-5-3-6-10-19)20-11-7-4-8-12-20/h3-15,24H,16H2,1-2H3,(H,27,28)/b26-18+. The molecular formula is C24H23ClN2O2. The summed E-state index contributed by atoms with van der Waals surface area (Å²) in [6.45, 7) is 3.67. The lowest BCUT2D eigenvalue weighted by Gasteiger charge is -2.18. The fourth-order valence-corrected chi connectivity index (χ4v) is 3.19. The van der Waals surface area contributed by atoms with Crippen molar-refractivity contribution in [2.75, 3.05) is 6.61 Å². The fraction of sp³-hybridized carbons (Fsp3) is 0.167. The lowest BCUT2D eigenvalue weighted by atomic mass is 9.88. The van der Waals surface area contributed by atoms with E-state index in [9.17, 15) is 4.79 Å².